The van der Waals surface area contributed by atoms with Crippen molar-refractivity contribution in [3.63, 3.8) is 0 Å². The van der Waals surface area contributed by atoms with E-state index in [2.05, 4.69) is 9.97 Å². The molecular formula is C8H2Cl3IN2S. The molecule has 0 aromatic carbocycles. The lowest BCUT2D eigenvalue weighted by molar-refractivity contribution is 1.17. The Bertz CT molecular complexity index is 491. The molecule has 0 aliphatic carbocycles. The van der Waals surface area contributed by atoms with Gasteiger partial charge in [-0.2, -0.15) is 0 Å². The highest BCUT2D eigenvalue weighted by atomic mass is 127. The van der Waals surface area contributed by atoms with Crippen LogP contribution in [0.25, 0.3) is 10.7 Å². The highest BCUT2D eigenvalue weighted by molar-refractivity contribution is 14.1. The van der Waals surface area contributed by atoms with Crippen LogP contribution in [0.2, 0.25) is 15.3 Å². The SMILES string of the molecule is Clc1csc(-c2nc(Cl)c(I)c(Cl)n2)c1. The van der Waals surface area contributed by atoms with Crippen molar-refractivity contribution in [3.8, 4) is 10.7 Å². The molecular weight excluding hydrogens is 389 g/mol. The summed E-state index contributed by atoms with van der Waals surface area (Å²) in [6, 6.07) is 1.78. The fraction of sp³-hybridized carbons (Fsp3) is 0. The fourth-order valence-electron chi connectivity index (χ4n) is 0.935. The van der Waals surface area contributed by atoms with Crippen molar-refractivity contribution in [3.05, 3.63) is 30.3 Å². The van der Waals surface area contributed by atoms with Gasteiger partial charge in [-0.1, -0.05) is 34.8 Å². The minimum Gasteiger partial charge on any atom is -0.214 e. The van der Waals surface area contributed by atoms with Crippen molar-refractivity contribution in [1.29, 1.82) is 0 Å². The van der Waals surface area contributed by atoms with Gasteiger partial charge in [-0.05, 0) is 28.7 Å². The third kappa shape index (κ3) is 2.55. The lowest BCUT2D eigenvalue weighted by Gasteiger charge is -2.00. The Hall–Kier alpha value is 0.380. The summed E-state index contributed by atoms with van der Waals surface area (Å²) in [6.45, 7) is 0. The van der Waals surface area contributed by atoms with Crippen LogP contribution in [-0.2, 0) is 0 Å². The minimum atomic E-state index is 0.357. The summed E-state index contributed by atoms with van der Waals surface area (Å²) in [7, 11) is 0. The molecule has 0 fully saturated rings. The Kier molecular flexibility index (Phi) is 3.72. The molecule has 15 heavy (non-hydrogen) atoms. The van der Waals surface area contributed by atoms with Gasteiger partial charge in [0, 0.05) is 5.38 Å². The molecule has 0 radical (unpaired) electrons. The molecule has 2 aromatic heterocycles. The molecule has 0 aliphatic rings. The molecule has 78 valence electrons. The summed E-state index contributed by atoms with van der Waals surface area (Å²) in [4.78, 5) is 9.11. The summed E-state index contributed by atoms with van der Waals surface area (Å²) >= 11 is 21.1. The Labute approximate surface area is 119 Å². The van der Waals surface area contributed by atoms with Gasteiger partial charge in [-0.15, -0.1) is 11.3 Å². The van der Waals surface area contributed by atoms with Crippen molar-refractivity contribution in [2.75, 3.05) is 0 Å². The Morgan fingerprint density at radius 1 is 1.13 bits per heavy atom. The molecule has 2 rings (SSSR count). The van der Waals surface area contributed by atoms with E-state index in [9.17, 15) is 0 Å². The predicted octanol–water partition coefficient (Wildman–Crippen LogP) is 4.77. The van der Waals surface area contributed by atoms with Crippen molar-refractivity contribution >= 4 is 68.7 Å². The van der Waals surface area contributed by atoms with E-state index in [0.29, 0.717) is 24.7 Å². The fourth-order valence-corrected chi connectivity index (χ4v) is 2.57. The highest BCUT2D eigenvalue weighted by Gasteiger charge is 2.11. The zero-order chi connectivity index (χ0) is 11.0. The van der Waals surface area contributed by atoms with Crippen molar-refractivity contribution in [1.82, 2.24) is 9.97 Å². The maximum absolute atomic E-state index is 5.90. The Morgan fingerprint density at radius 2 is 1.73 bits per heavy atom. The van der Waals surface area contributed by atoms with Gasteiger partial charge < -0.3 is 0 Å². The summed E-state index contributed by atoms with van der Waals surface area (Å²) in [5.41, 5.74) is 0. The molecule has 0 atom stereocenters. The molecule has 2 aromatic rings. The second-order valence-corrected chi connectivity index (χ2v) is 5.71. The van der Waals surface area contributed by atoms with Gasteiger partial charge in [0.15, 0.2) is 5.82 Å². The van der Waals surface area contributed by atoms with Gasteiger partial charge >= 0.3 is 0 Å². The lowest BCUT2D eigenvalue weighted by atomic mass is 10.4. The first-order valence-electron chi connectivity index (χ1n) is 3.71. The summed E-state index contributed by atoms with van der Waals surface area (Å²) in [5.74, 6) is 0.502. The van der Waals surface area contributed by atoms with Gasteiger partial charge in [0.1, 0.15) is 10.3 Å². The van der Waals surface area contributed by atoms with E-state index in [4.69, 9.17) is 34.8 Å². The normalized spacial score (nSPS) is 10.7. The van der Waals surface area contributed by atoms with Crippen LogP contribution >= 0.6 is 68.7 Å². The molecule has 7 heteroatoms. The van der Waals surface area contributed by atoms with Crippen LogP contribution in [-0.4, -0.2) is 9.97 Å². The number of hydrogen-bond donors (Lipinski definition) is 0. The Morgan fingerprint density at radius 3 is 2.20 bits per heavy atom. The molecule has 2 heterocycles. The average molecular weight is 391 g/mol. The summed E-state index contributed by atoms with van der Waals surface area (Å²) in [5, 5.41) is 3.18. The molecule has 0 spiro atoms. The van der Waals surface area contributed by atoms with Crippen LogP contribution in [0.15, 0.2) is 11.4 Å². The monoisotopic (exact) mass is 390 g/mol. The number of thiophene rings is 1. The van der Waals surface area contributed by atoms with E-state index >= 15 is 0 Å². The van der Waals surface area contributed by atoms with Crippen molar-refractivity contribution in [2.24, 2.45) is 0 Å². The molecule has 0 saturated carbocycles. The molecule has 0 amide bonds. The average Bonchev–Trinajstić information content (AvgIpc) is 2.60. The molecule has 0 N–H and O–H groups in total. The summed E-state index contributed by atoms with van der Waals surface area (Å²) in [6.07, 6.45) is 0. The first-order valence-corrected chi connectivity index (χ1v) is 6.80. The number of aromatic nitrogens is 2. The molecule has 2 nitrogen and oxygen atoms in total. The third-order valence-corrected chi connectivity index (χ3v) is 5.04. The van der Waals surface area contributed by atoms with Gasteiger partial charge in [-0.25, -0.2) is 9.97 Å². The topological polar surface area (TPSA) is 25.8 Å². The van der Waals surface area contributed by atoms with Crippen LogP contribution in [0.5, 0.6) is 0 Å². The quantitative estimate of drug-likeness (QED) is 0.517. The summed E-state index contributed by atoms with van der Waals surface area (Å²) < 4.78 is 0.655. The van der Waals surface area contributed by atoms with Gasteiger partial charge in [0.2, 0.25) is 0 Å². The number of nitrogens with zero attached hydrogens (tertiary/aromatic N) is 2. The smallest absolute Gasteiger partial charge is 0.172 e. The third-order valence-electron chi connectivity index (χ3n) is 1.56. The maximum Gasteiger partial charge on any atom is 0.172 e. The lowest BCUT2D eigenvalue weighted by Crippen LogP contribution is -1.91. The van der Waals surface area contributed by atoms with Crippen LogP contribution in [0, 0.1) is 3.57 Å². The molecule has 0 aliphatic heterocycles. The van der Waals surface area contributed by atoms with Crippen LogP contribution < -0.4 is 0 Å². The Balaban J connectivity index is 2.55. The van der Waals surface area contributed by atoms with Crippen molar-refractivity contribution in [2.45, 2.75) is 0 Å². The van der Waals surface area contributed by atoms with E-state index < -0.39 is 0 Å². The standard InChI is InChI=1S/C8H2Cl3IN2S/c9-3-1-4(15-2-3)8-13-6(10)5(12)7(11)14-8/h1-2H. The van der Waals surface area contributed by atoms with E-state index in [-0.39, 0.29) is 0 Å². The van der Waals surface area contributed by atoms with Gasteiger partial charge in [0.25, 0.3) is 0 Å². The van der Waals surface area contributed by atoms with Crippen molar-refractivity contribution < 1.29 is 0 Å². The van der Waals surface area contributed by atoms with E-state index in [0.717, 1.165) is 4.88 Å². The largest absolute Gasteiger partial charge is 0.214 e. The minimum absolute atomic E-state index is 0.357. The van der Waals surface area contributed by atoms with Crippen LogP contribution in [0.3, 0.4) is 0 Å². The zero-order valence-electron chi connectivity index (χ0n) is 6.97. The first kappa shape index (κ1) is 11.9. The molecule has 0 bridgehead atoms. The number of hydrogen-bond acceptors (Lipinski definition) is 3. The van der Waals surface area contributed by atoms with Crippen LogP contribution in [0.4, 0.5) is 0 Å². The van der Waals surface area contributed by atoms with Gasteiger partial charge in [-0.3, -0.25) is 0 Å². The number of halogens is 4. The van der Waals surface area contributed by atoms with E-state index in [1.165, 1.54) is 11.3 Å². The highest BCUT2D eigenvalue weighted by Crippen LogP contribution is 2.31. The van der Waals surface area contributed by atoms with Gasteiger partial charge in [0.05, 0.1) is 13.5 Å². The number of rotatable bonds is 1. The van der Waals surface area contributed by atoms with E-state index in [1.54, 1.807) is 11.4 Å². The second kappa shape index (κ2) is 4.71. The zero-order valence-corrected chi connectivity index (χ0v) is 12.2. The predicted molar refractivity (Wildman–Crippen MR) is 73.1 cm³/mol. The molecule has 0 unspecified atom stereocenters. The van der Waals surface area contributed by atoms with E-state index in [1.807, 2.05) is 22.6 Å². The first-order chi connectivity index (χ1) is 7.08. The maximum atomic E-state index is 5.90. The molecule has 0 saturated heterocycles. The van der Waals surface area contributed by atoms with Crippen LogP contribution in [0.1, 0.15) is 0 Å². The second-order valence-electron chi connectivity index (χ2n) is 2.57.